The number of carbonyl (C=O) groups is 1. The summed E-state index contributed by atoms with van der Waals surface area (Å²) in [5.74, 6) is 0.0238. The Balaban J connectivity index is 2.31. The molecule has 19 heavy (non-hydrogen) atoms. The van der Waals surface area contributed by atoms with Gasteiger partial charge in [0.2, 0.25) is 5.91 Å². The van der Waals surface area contributed by atoms with Crippen LogP contribution >= 0.6 is 0 Å². The average Bonchev–Trinajstić information content (AvgIpc) is 2.76. The standard InChI is InChI=1S/C13H26N2O3S/c1-4-10(2)15-13(16)8-9-14-11-6-5-7-12(11)19(3,17)18/h10-12,14H,4-9H2,1-3H3,(H,15,16). The summed E-state index contributed by atoms with van der Waals surface area (Å²) in [5, 5.41) is 5.83. The molecule has 1 aliphatic rings. The minimum Gasteiger partial charge on any atom is -0.354 e. The van der Waals surface area contributed by atoms with E-state index in [1.165, 1.54) is 6.26 Å². The molecule has 0 saturated heterocycles. The highest BCUT2D eigenvalue weighted by molar-refractivity contribution is 7.91. The van der Waals surface area contributed by atoms with Crippen LogP contribution in [0.25, 0.3) is 0 Å². The van der Waals surface area contributed by atoms with Crippen molar-refractivity contribution in [3.8, 4) is 0 Å². The van der Waals surface area contributed by atoms with Crippen LogP contribution in [0.5, 0.6) is 0 Å². The summed E-state index contributed by atoms with van der Waals surface area (Å²) in [6.07, 6.45) is 5.16. The number of carbonyl (C=O) groups excluding carboxylic acids is 1. The molecule has 0 aromatic carbocycles. The minimum atomic E-state index is -2.99. The summed E-state index contributed by atoms with van der Waals surface area (Å²) < 4.78 is 23.2. The van der Waals surface area contributed by atoms with E-state index >= 15 is 0 Å². The molecule has 1 saturated carbocycles. The monoisotopic (exact) mass is 290 g/mol. The van der Waals surface area contributed by atoms with E-state index in [4.69, 9.17) is 0 Å². The van der Waals surface area contributed by atoms with Crippen LogP contribution < -0.4 is 10.6 Å². The van der Waals surface area contributed by atoms with E-state index in [1.807, 2.05) is 13.8 Å². The first-order chi connectivity index (χ1) is 8.84. The van der Waals surface area contributed by atoms with Gasteiger partial charge in [-0.3, -0.25) is 4.79 Å². The van der Waals surface area contributed by atoms with E-state index < -0.39 is 9.84 Å². The van der Waals surface area contributed by atoms with Crippen molar-refractivity contribution in [2.24, 2.45) is 0 Å². The lowest BCUT2D eigenvalue weighted by atomic mass is 10.2. The van der Waals surface area contributed by atoms with Crippen LogP contribution in [0.1, 0.15) is 46.0 Å². The molecule has 1 rings (SSSR count). The fraction of sp³-hybridized carbons (Fsp3) is 0.923. The SMILES string of the molecule is CCC(C)NC(=O)CCNC1CCCC1S(C)(=O)=O. The van der Waals surface area contributed by atoms with Gasteiger partial charge in [-0.05, 0) is 26.2 Å². The zero-order valence-corrected chi connectivity index (χ0v) is 12.9. The highest BCUT2D eigenvalue weighted by Crippen LogP contribution is 2.24. The van der Waals surface area contributed by atoms with Gasteiger partial charge in [0.1, 0.15) is 0 Å². The van der Waals surface area contributed by atoms with Crippen molar-refractivity contribution in [1.29, 1.82) is 0 Å². The molecule has 6 heteroatoms. The molecule has 0 aromatic rings. The molecule has 0 bridgehead atoms. The van der Waals surface area contributed by atoms with Crippen LogP contribution in [0.4, 0.5) is 0 Å². The van der Waals surface area contributed by atoms with E-state index in [2.05, 4.69) is 10.6 Å². The van der Waals surface area contributed by atoms with E-state index in [-0.39, 0.29) is 23.2 Å². The van der Waals surface area contributed by atoms with Crippen molar-refractivity contribution in [2.45, 2.75) is 63.3 Å². The molecule has 0 aliphatic heterocycles. The third kappa shape index (κ3) is 5.48. The molecule has 2 N–H and O–H groups in total. The predicted octanol–water partition coefficient (Wildman–Crippen LogP) is 0.847. The molecule has 0 radical (unpaired) electrons. The van der Waals surface area contributed by atoms with Gasteiger partial charge in [0.05, 0.1) is 5.25 Å². The summed E-state index contributed by atoms with van der Waals surface area (Å²) in [6.45, 7) is 4.54. The van der Waals surface area contributed by atoms with Gasteiger partial charge in [-0.25, -0.2) is 8.42 Å². The summed E-state index contributed by atoms with van der Waals surface area (Å²) >= 11 is 0. The Hall–Kier alpha value is -0.620. The zero-order valence-electron chi connectivity index (χ0n) is 12.1. The molecule has 1 aliphatic carbocycles. The first kappa shape index (κ1) is 16.4. The van der Waals surface area contributed by atoms with Gasteiger partial charge in [-0.1, -0.05) is 13.3 Å². The molecular formula is C13H26N2O3S. The van der Waals surface area contributed by atoms with Crippen LogP contribution in [0.15, 0.2) is 0 Å². The summed E-state index contributed by atoms with van der Waals surface area (Å²) in [6, 6.07) is 0.203. The third-order valence-corrected chi connectivity index (χ3v) is 5.44. The lowest BCUT2D eigenvalue weighted by molar-refractivity contribution is -0.121. The quantitative estimate of drug-likeness (QED) is 0.729. The normalized spacial score (nSPS) is 25.2. The Morgan fingerprint density at radius 2 is 2.05 bits per heavy atom. The van der Waals surface area contributed by atoms with Crippen LogP contribution in [0.2, 0.25) is 0 Å². The number of hydrogen-bond donors (Lipinski definition) is 2. The van der Waals surface area contributed by atoms with Crippen LogP contribution in [-0.2, 0) is 14.6 Å². The molecule has 5 nitrogen and oxygen atoms in total. The molecule has 112 valence electrons. The molecule has 0 spiro atoms. The molecule has 3 atom stereocenters. The van der Waals surface area contributed by atoms with E-state index in [1.54, 1.807) is 0 Å². The fourth-order valence-electron chi connectivity index (χ4n) is 2.49. The highest BCUT2D eigenvalue weighted by atomic mass is 32.2. The maximum atomic E-state index is 11.6. The molecule has 1 amide bonds. The Morgan fingerprint density at radius 3 is 2.63 bits per heavy atom. The van der Waals surface area contributed by atoms with Crippen molar-refractivity contribution in [3.05, 3.63) is 0 Å². The fourth-order valence-corrected chi connectivity index (χ4v) is 3.92. The number of amides is 1. The topological polar surface area (TPSA) is 75.3 Å². The number of rotatable bonds is 7. The predicted molar refractivity (Wildman–Crippen MR) is 76.8 cm³/mol. The van der Waals surface area contributed by atoms with Crippen molar-refractivity contribution in [2.75, 3.05) is 12.8 Å². The van der Waals surface area contributed by atoms with Gasteiger partial charge < -0.3 is 10.6 Å². The molecule has 3 unspecified atom stereocenters. The third-order valence-electron chi connectivity index (χ3n) is 3.78. The zero-order chi connectivity index (χ0) is 14.5. The maximum absolute atomic E-state index is 11.6. The van der Waals surface area contributed by atoms with E-state index in [9.17, 15) is 13.2 Å². The smallest absolute Gasteiger partial charge is 0.221 e. The second-order valence-corrected chi connectivity index (χ2v) is 7.75. The van der Waals surface area contributed by atoms with Crippen LogP contribution in [0.3, 0.4) is 0 Å². The van der Waals surface area contributed by atoms with Crippen molar-refractivity contribution < 1.29 is 13.2 Å². The van der Waals surface area contributed by atoms with Crippen molar-refractivity contribution >= 4 is 15.7 Å². The number of hydrogen-bond acceptors (Lipinski definition) is 4. The maximum Gasteiger partial charge on any atom is 0.221 e. The number of nitrogens with one attached hydrogen (secondary N) is 2. The molecular weight excluding hydrogens is 264 g/mol. The highest BCUT2D eigenvalue weighted by Gasteiger charge is 2.34. The van der Waals surface area contributed by atoms with Gasteiger partial charge in [0, 0.05) is 31.3 Å². The average molecular weight is 290 g/mol. The summed E-state index contributed by atoms with van der Waals surface area (Å²) in [4.78, 5) is 11.6. The first-order valence-corrected chi connectivity index (χ1v) is 9.01. The van der Waals surface area contributed by atoms with Gasteiger partial charge in [-0.2, -0.15) is 0 Å². The van der Waals surface area contributed by atoms with Crippen molar-refractivity contribution in [3.63, 3.8) is 0 Å². The Labute approximate surface area is 116 Å². The van der Waals surface area contributed by atoms with Gasteiger partial charge in [-0.15, -0.1) is 0 Å². The second-order valence-electron chi connectivity index (χ2n) is 5.49. The van der Waals surface area contributed by atoms with Crippen LogP contribution in [0, 0.1) is 0 Å². The molecule has 0 aromatic heterocycles. The molecule has 0 heterocycles. The van der Waals surface area contributed by atoms with Gasteiger partial charge in [0.15, 0.2) is 9.84 Å². The lowest BCUT2D eigenvalue weighted by Gasteiger charge is -2.19. The minimum absolute atomic E-state index is 0.00592. The van der Waals surface area contributed by atoms with Crippen molar-refractivity contribution in [1.82, 2.24) is 10.6 Å². The van der Waals surface area contributed by atoms with Crippen LogP contribution in [-0.4, -0.2) is 44.5 Å². The Kier molecular flexibility index (Phi) is 6.26. The Bertz CT molecular complexity index is 395. The lowest BCUT2D eigenvalue weighted by Crippen LogP contribution is -2.42. The van der Waals surface area contributed by atoms with E-state index in [0.29, 0.717) is 13.0 Å². The largest absolute Gasteiger partial charge is 0.354 e. The Morgan fingerprint density at radius 1 is 1.37 bits per heavy atom. The number of sulfone groups is 1. The first-order valence-electron chi connectivity index (χ1n) is 7.06. The summed E-state index contributed by atoms with van der Waals surface area (Å²) in [5.41, 5.74) is 0. The second kappa shape index (κ2) is 7.24. The molecule has 1 fully saturated rings. The van der Waals surface area contributed by atoms with Gasteiger partial charge >= 0.3 is 0 Å². The van der Waals surface area contributed by atoms with E-state index in [0.717, 1.165) is 25.7 Å². The summed E-state index contributed by atoms with van der Waals surface area (Å²) in [7, 11) is -2.99. The van der Waals surface area contributed by atoms with Gasteiger partial charge in [0.25, 0.3) is 0 Å².